The summed E-state index contributed by atoms with van der Waals surface area (Å²) >= 11 is 0. The van der Waals surface area contributed by atoms with Gasteiger partial charge in [0.25, 0.3) is 0 Å². The minimum absolute atomic E-state index is 0.152. The Kier molecular flexibility index (Phi) is 2.49. The van der Waals surface area contributed by atoms with Gasteiger partial charge in [-0.1, -0.05) is 0 Å². The number of aromatic nitrogens is 1. The molecule has 0 radical (unpaired) electrons. The SMILES string of the molecule is N#Cc1cc(N2C3CCC2CC(O)C3)ccn1. The van der Waals surface area contributed by atoms with E-state index in [2.05, 4.69) is 16.0 Å². The van der Waals surface area contributed by atoms with Gasteiger partial charge in [-0.05, 0) is 37.8 Å². The van der Waals surface area contributed by atoms with Crippen molar-refractivity contribution in [3.05, 3.63) is 24.0 Å². The van der Waals surface area contributed by atoms with E-state index in [0.29, 0.717) is 17.8 Å². The van der Waals surface area contributed by atoms with Crippen molar-refractivity contribution in [1.82, 2.24) is 4.98 Å². The topological polar surface area (TPSA) is 60.2 Å². The third-order valence-electron chi connectivity index (χ3n) is 3.86. The third-order valence-corrected chi connectivity index (χ3v) is 3.86. The summed E-state index contributed by atoms with van der Waals surface area (Å²) in [6.07, 6.45) is 5.53. The molecule has 2 fully saturated rings. The van der Waals surface area contributed by atoms with Crippen molar-refractivity contribution in [1.29, 1.82) is 5.26 Å². The number of hydrogen-bond acceptors (Lipinski definition) is 4. The molecule has 2 atom stereocenters. The van der Waals surface area contributed by atoms with Crippen molar-refractivity contribution < 1.29 is 5.11 Å². The Bertz CT molecular complexity index is 454. The zero-order valence-corrected chi connectivity index (χ0v) is 9.58. The molecule has 1 N–H and O–H groups in total. The summed E-state index contributed by atoms with van der Waals surface area (Å²) in [6.45, 7) is 0. The van der Waals surface area contributed by atoms with Gasteiger partial charge in [0.1, 0.15) is 11.8 Å². The van der Waals surface area contributed by atoms with Crippen molar-refractivity contribution >= 4 is 5.69 Å². The van der Waals surface area contributed by atoms with Gasteiger partial charge in [-0.2, -0.15) is 5.26 Å². The number of nitriles is 1. The van der Waals surface area contributed by atoms with E-state index in [0.717, 1.165) is 31.4 Å². The average molecular weight is 229 g/mol. The molecule has 0 amide bonds. The summed E-state index contributed by atoms with van der Waals surface area (Å²) in [5, 5.41) is 18.6. The minimum Gasteiger partial charge on any atom is -0.393 e. The first-order chi connectivity index (χ1) is 8.28. The van der Waals surface area contributed by atoms with Crippen LogP contribution in [0.2, 0.25) is 0 Å². The van der Waals surface area contributed by atoms with Gasteiger partial charge in [-0.25, -0.2) is 4.98 Å². The lowest BCUT2D eigenvalue weighted by molar-refractivity contribution is 0.126. The fourth-order valence-corrected chi connectivity index (χ4v) is 3.21. The molecule has 1 aromatic heterocycles. The number of rotatable bonds is 1. The van der Waals surface area contributed by atoms with Gasteiger partial charge in [0.15, 0.2) is 0 Å². The lowest BCUT2D eigenvalue weighted by Crippen LogP contribution is -2.44. The molecule has 0 spiro atoms. The van der Waals surface area contributed by atoms with Crippen LogP contribution in [0.1, 0.15) is 31.4 Å². The monoisotopic (exact) mass is 229 g/mol. The second-order valence-electron chi connectivity index (χ2n) is 4.93. The largest absolute Gasteiger partial charge is 0.393 e. The van der Waals surface area contributed by atoms with Crippen molar-refractivity contribution in [3.63, 3.8) is 0 Å². The van der Waals surface area contributed by atoms with E-state index in [1.165, 1.54) is 0 Å². The number of fused-ring (bicyclic) bond motifs is 2. The number of nitrogens with zero attached hydrogens (tertiary/aromatic N) is 3. The van der Waals surface area contributed by atoms with Crippen LogP contribution < -0.4 is 4.90 Å². The molecule has 2 aliphatic heterocycles. The highest BCUT2D eigenvalue weighted by atomic mass is 16.3. The molecular weight excluding hydrogens is 214 g/mol. The van der Waals surface area contributed by atoms with Crippen LogP contribution in [-0.4, -0.2) is 28.3 Å². The van der Waals surface area contributed by atoms with E-state index in [9.17, 15) is 5.11 Å². The molecule has 3 heterocycles. The van der Waals surface area contributed by atoms with Gasteiger partial charge >= 0.3 is 0 Å². The molecule has 4 heteroatoms. The lowest BCUT2D eigenvalue weighted by atomic mass is 9.99. The number of piperidine rings is 1. The molecule has 88 valence electrons. The summed E-state index contributed by atoms with van der Waals surface area (Å²) in [4.78, 5) is 6.37. The van der Waals surface area contributed by atoms with Crippen LogP contribution in [0.5, 0.6) is 0 Å². The predicted molar refractivity (Wildman–Crippen MR) is 63.5 cm³/mol. The standard InChI is InChI=1S/C13H15N3O/c14-8-9-5-12(3-4-15-9)16-10-1-2-11(16)7-13(17)6-10/h3-5,10-11,13,17H,1-2,6-7H2. The number of hydrogen-bond donors (Lipinski definition) is 1. The van der Waals surface area contributed by atoms with Crippen LogP contribution in [0.3, 0.4) is 0 Å². The van der Waals surface area contributed by atoms with Crippen LogP contribution in [0.4, 0.5) is 5.69 Å². The zero-order chi connectivity index (χ0) is 11.8. The molecular formula is C13H15N3O. The van der Waals surface area contributed by atoms with Crippen molar-refractivity contribution in [2.45, 2.75) is 43.9 Å². The van der Waals surface area contributed by atoms with E-state index in [1.54, 1.807) is 6.20 Å². The van der Waals surface area contributed by atoms with Gasteiger partial charge in [-0.15, -0.1) is 0 Å². The van der Waals surface area contributed by atoms with Crippen LogP contribution in [-0.2, 0) is 0 Å². The van der Waals surface area contributed by atoms with E-state index in [-0.39, 0.29) is 6.10 Å². The van der Waals surface area contributed by atoms with Gasteiger partial charge in [-0.3, -0.25) is 0 Å². The molecule has 1 aromatic rings. The maximum Gasteiger partial charge on any atom is 0.142 e. The second-order valence-corrected chi connectivity index (χ2v) is 4.93. The highest BCUT2D eigenvalue weighted by Crippen LogP contribution is 2.39. The second kappa shape index (κ2) is 4.01. The van der Waals surface area contributed by atoms with Crippen molar-refractivity contribution in [2.24, 2.45) is 0 Å². The molecule has 17 heavy (non-hydrogen) atoms. The average Bonchev–Trinajstić information content (AvgIpc) is 2.62. The van der Waals surface area contributed by atoms with E-state index in [4.69, 9.17) is 5.26 Å². The summed E-state index contributed by atoms with van der Waals surface area (Å²) < 4.78 is 0. The van der Waals surface area contributed by atoms with Gasteiger partial charge in [0.05, 0.1) is 6.10 Å². The van der Waals surface area contributed by atoms with E-state index < -0.39 is 0 Å². The number of pyridine rings is 1. The first-order valence-electron chi connectivity index (χ1n) is 6.10. The summed E-state index contributed by atoms with van der Waals surface area (Å²) in [7, 11) is 0. The Labute approximate surface area is 101 Å². The van der Waals surface area contributed by atoms with Gasteiger partial charge in [0, 0.05) is 24.0 Å². The Morgan fingerprint density at radius 1 is 1.35 bits per heavy atom. The molecule has 2 saturated heterocycles. The van der Waals surface area contributed by atoms with E-state index >= 15 is 0 Å². The normalized spacial score (nSPS) is 31.3. The molecule has 2 aliphatic rings. The third kappa shape index (κ3) is 1.77. The van der Waals surface area contributed by atoms with Gasteiger partial charge < -0.3 is 10.0 Å². The minimum atomic E-state index is -0.152. The molecule has 4 nitrogen and oxygen atoms in total. The fourth-order valence-electron chi connectivity index (χ4n) is 3.21. The molecule has 0 aromatic carbocycles. The van der Waals surface area contributed by atoms with Crippen molar-refractivity contribution in [2.75, 3.05) is 4.90 Å². The van der Waals surface area contributed by atoms with Crippen molar-refractivity contribution in [3.8, 4) is 6.07 Å². The Balaban J connectivity index is 1.92. The first kappa shape index (κ1) is 10.5. The summed E-state index contributed by atoms with van der Waals surface area (Å²) in [6, 6.07) is 6.75. The number of anilines is 1. The Morgan fingerprint density at radius 3 is 2.71 bits per heavy atom. The Hall–Kier alpha value is -1.60. The van der Waals surface area contributed by atoms with Crippen LogP contribution in [0, 0.1) is 11.3 Å². The van der Waals surface area contributed by atoms with Crippen LogP contribution in [0.15, 0.2) is 18.3 Å². The number of aliphatic hydroxyl groups excluding tert-OH is 1. The lowest BCUT2D eigenvalue weighted by Gasteiger charge is -2.38. The Morgan fingerprint density at radius 2 is 2.06 bits per heavy atom. The summed E-state index contributed by atoms with van der Waals surface area (Å²) in [5.74, 6) is 0. The number of aliphatic hydroxyl groups is 1. The molecule has 3 rings (SSSR count). The quantitative estimate of drug-likeness (QED) is 0.791. The van der Waals surface area contributed by atoms with Gasteiger partial charge in [0.2, 0.25) is 0 Å². The smallest absolute Gasteiger partial charge is 0.142 e. The predicted octanol–water partition coefficient (Wildman–Crippen LogP) is 1.45. The fraction of sp³-hybridized carbons (Fsp3) is 0.538. The zero-order valence-electron chi connectivity index (χ0n) is 9.58. The highest BCUT2D eigenvalue weighted by Gasteiger charge is 2.40. The van der Waals surface area contributed by atoms with Crippen LogP contribution in [0.25, 0.3) is 0 Å². The molecule has 0 aliphatic carbocycles. The summed E-state index contributed by atoms with van der Waals surface area (Å²) in [5.41, 5.74) is 1.55. The van der Waals surface area contributed by atoms with Crippen LogP contribution >= 0.6 is 0 Å². The molecule has 0 saturated carbocycles. The first-order valence-corrected chi connectivity index (χ1v) is 6.10. The molecule has 2 unspecified atom stereocenters. The highest BCUT2D eigenvalue weighted by molar-refractivity contribution is 5.52. The maximum absolute atomic E-state index is 9.76. The van der Waals surface area contributed by atoms with E-state index in [1.807, 2.05) is 12.1 Å². The maximum atomic E-state index is 9.76. The molecule has 2 bridgehead atoms.